The minimum Gasteiger partial charge on any atom is -0.478 e. The first kappa shape index (κ1) is 12.9. The summed E-state index contributed by atoms with van der Waals surface area (Å²) in [6, 6.07) is 5.94. The minimum atomic E-state index is -0.987. The Hall–Kier alpha value is -2.10. The molecule has 0 unspecified atom stereocenters. The van der Waals surface area contributed by atoms with Crippen LogP contribution in [0.5, 0.6) is 5.75 Å². The summed E-state index contributed by atoms with van der Waals surface area (Å²) in [5.74, 6) is -0.840. The lowest BCUT2D eigenvalue weighted by Crippen LogP contribution is -2.19. The van der Waals surface area contributed by atoms with E-state index in [4.69, 9.17) is 9.84 Å². The van der Waals surface area contributed by atoms with E-state index in [2.05, 4.69) is 0 Å². The van der Waals surface area contributed by atoms with Crippen molar-refractivity contribution in [3.05, 3.63) is 41.0 Å². The molecule has 2 aliphatic rings. The summed E-state index contributed by atoms with van der Waals surface area (Å²) < 4.78 is 5.34. The molecule has 1 aromatic rings. The molecule has 4 nitrogen and oxygen atoms in total. The predicted octanol–water partition coefficient (Wildman–Crippen LogP) is 3.18. The van der Waals surface area contributed by atoms with E-state index in [1.54, 1.807) is 0 Å². The molecule has 3 rings (SSSR count). The van der Waals surface area contributed by atoms with E-state index in [1.165, 1.54) is 41.8 Å². The van der Waals surface area contributed by atoms with Gasteiger partial charge in [-0.1, -0.05) is 11.1 Å². The minimum absolute atomic E-state index is 0.0561. The Bertz CT molecular complexity index is 567. The zero-order chi connectivity index (χ0) is 14.1. The average molecular weight is 272 g/mol. The molecule has 0 saturated carbocycles. The van der Waals surface area contributed by atoms with E-state index < -0.39 is 5.97 Å². The first-order valence-corrected chi connectivity index (χ1v) is 6.88. The summed E-state index contributed by atoms with van der Waals surface area (Å²) in [4.78, 5) is 22.8. The number of allylic oxidation sites excluding steroid dienone is 2. The molecule has 0 atom stereocenters. The Labute approximate surface area is 117 Å². The molecule has 1 N–H and O–H groups in total. The maximum atomic E-state index is 12.1. The number of hydrogen-bond acceptors (Lipinski definition) is 3. The monoisotopic (exact) mass is 272 g/mol. The van der Waals surface area contributed by atoms with Gasteiger partial charge in [0.2, 0.25) is 0 Å². The number of carbonyl (C=O) groups excluding carboxylic acids is 1. The van der Waals surface area contributed by atoms with Gasteiger partial charge < -0.3 is 9.84 Å². The fourth-order valence-corrected chi connectivity index (χ4v) is 3.06. The molecule has 104 valence electrons. The molecule has 0 aliphatic heterocycles. The molecule has 4 heteroatoms. The van der Waals surface area contributed by atoms with Gasteiger partial charge in [-0.25, -0.2) is 4.79 Å². The molecule has 1 aromatic carbocycles. The number of carboxylic acid groups (broad SMARTS) is 1. The maximum Gasteiger partial charge on any atom is 0.335 e. The Morgan fingerprint density at radius 2 is 1.65 bits per heavy atom. The van der Waals surface area contributed by atoms with Crippen LogP contribution in [-0.4, -0.2) is 17.0 Å². The summed E-state index contributed by atoms with van der Waals surface area (Å²) in [5.41, 5.74) is 3.09. The van der Waals surface area contributed by atoms with Crippen LogP contribution in [0.1, 0.15) is 42.5 Å². The van der Waals surface area contributed by atoms with Gasteiger partial charge in [-0.2, -0.15) is 0 Å². The van der Waals surface area contributed by atoms with Crippen LogP contribution in [0.25, 0.3) is 0 Å². The number of benzene rings is 1. The van der Waals surface area contributed by atoms with Crippen molar-refractivity contribution in [2.45, 2.75) is 32.1 Å². The van der Waals surface area contributed by atoms with Gasteiger partial charge in [-0.15, -0.1) is 0 Å². The van der Waals surface area contributed by atoms with Gasteiger partial charge in [0.1, 0.15) is 5.75 Å². The summed E-state index contributed by atoms with van der Waals surface area (Å²) in [7, 11) is 0. The van der Waals surface area contributed by atoms with Crippen molar-refractivity contribution in [1.82, 2.24) is 0 Å². The second kappa shape index (κ2) is 5.12. The number of rotatable bonds is 3. The lowest BCUT2D eigenvalue weighted by Gasteiger charge is -2.11. The Kier molecular flexibility index (Phi) is 3.30. The van der Waals surface area contributed by atoms with Crippen molar-refractivity contribution in [2.75, 3.05) is 0 Å². The number of carboxylic acids is 1. The summed E-state index contributed by atoms with van der Waals surface area (Å²) in [6.07, 6.45) is 5.16. The summed E-state index contributed by atoms with van der Waals surface area (Å²) in [5, 5.41) is 8.81. The molecule has 20 heavy (non-hydrogen) atoms. The van der Waals surface area contributed by atoms with Crippen molar-refractivity contribution in [3.63, 3.8) is 0 Å². The topological polar surface area (TPSA) is 63.6 Å². The first-order chi connectivity index (χ1) is 9.63. The lowest BCUT2D eigenvalue weighted by molar-refractivity contribution is -0.138. The van der Waals surface area contributed by atoms with E-state index >= 15 is 0 Å². The molecule has 0 amide bonds. The van der Waals surface area contributed by atoms with Gasteiger partial charge >= 0.3 is 11.9 Å². The second-order valence-electron chi connectivity index (χ2n) is 5.42. The largest absolute Gasteiger partial charge is 0.478 e. The normalized spacial score (nSPS) is 18.2. The molecule has 0 saturated heterocycles. The number of esters is 1. The molecule has 0 heterocycles. The van der Waals surface area contributed by atoms with Gasteiger partial charge in [0.05, 0.1) is 11.5 Å². The highest BCUT2D eigenvalue weighted by atomic mass is 16.5. The highest BCUT2D eigenvalue weighted by molar-refractivity contribution is 5.87. The lowest BCUT2D eigenvalue weighted by atomic mass is 10.0. The van der Waals surface area contributed by atoms with Crippen molar-refractivity contribution in [3.8, 4) is 5.75 Å². The Morgan fingerprint density at radius 1 is 1.05 bits per heavy atom. The van der Waals surface area contributed by atoms with E-state index in [1.807, 2.05) is 0 Å². The predicted molar refractivity (Wildman–Crippen MR) is 72.6 cm³/mol. The van der Waals surface area contributed by atoms with E-state index in [0.717, 1.165) is 25.7 Å². The molecule has 2 aliphatic carbocycles. The van der Waals surface area contributed by atoms with Crippen LogP contribution < -0.4 is 4.74 Å². The van der Waals surface area contributed by atoms with Crippen LogP contribution in [0.15, 0.2) is 35.4 Å². The molecule has 0 bridgehead atoms. The highest BCUT2D eigenvalue weighted by Crippen LogP contribution is 2.42. The van der Waals surface area contributed by atoms with Crippen LogP contribution in [0.3, 0.4) is 0 Å². The van der Waals surface area contributed by atoms with Gasteiger partial charge in [0.15, 0.2) is 0 Å². The molecule has 0 fully saturated rings. The van der Waals surface area contributed by atoms with Crippen molar-refractivity contribution < 1.29 is 19.4 Å². The van der Waals surface area contributed by atoms with Gasteiger partial charge in [0, 0.05) is 0 Å². The Balaban J connectivity index is 1.61. The third kappa shape index (κ3) is 2.46. The summed E-state index contributed by atoms with van der Waals surface area (Å²) in [6.45, 7) is 0. The Morgan fingerprint density at radius 3 is 2.20 bits per heavy atom. The van der Waals surface area contributed by atoms with Crippen LogP contribution in [-0.2, 0) is 4.79 Å². The summed E-state index contributed by atoms with van der Waals surface area (Å²) >= 11 is 0. The quantitative estimate of drug-likeness (QED) is 0.521. The third-order valence-corrected chi connectivity index (χ3v) is 4.10. The van der Waals surface area contributed by atoms with E-state index in [0.29, 0.717) is 5.75 Å². The van der Waals surface area contributed by atoms with Crippen molar-refractivity contribution in [2.24, 2.45) is 5.92 Å². The standard InChI is InChI=1S/C16H16O4/c17-15(18)10-4-6-14(7-5-10)20-16(19)13-8-11-2-1-3-12(11)9-13/h4-7,13H,1-3,8-9H2,(H,17,18). The van der Waals surface area contributed by atoms with E-state index in [-0.39, 0.29) is 17.5 Å². The second-order valence-corrected chi connectivity index (χ2v) is 5.42. The number of aromatic carboxylic acids is 1. The zero-order valence-electron chi connectivity index (χ0n) is 11.1. The van der Waals surface area contributed by atoms with Crippen molar-refractivity contribution in [1.29, 1.82) is 0 Å². The highest BCUT2D eigenvalue weighted by Gasteiger charge is 2.32. The fourth-order valence-electron chi connectivity index (χ4n) is 3.06. The van der Waals surface area contributed by atoms with Crippen LogP contribution in [0.2, 0.25) is 0 Å². The SMILES string of the molecule is O=C(O)c1ccc(OC(=O)C2CC3=C(CCC3)C2)cc1. The molecule has 0 aromatic heterocycles. The third-order valence-electron chi connectivity index (χ3n) is 4.10. The molecule has 0 spiro atoms. The zero-order valence-corrected chi connectivity index (χ0v) is 11.1. The van der Waals surface area contributed by atoms with E-state index in [9.17, 15) is 9.59 Å². The smallest absolute Gasteiger partial charge is 0.335 e. The van der Waals surface area contributed by atoms with Crippen LogP contribution in [0.4, 0.5) is 0 Å². The van der Waals surface area contributed by atoms with Crippen LogP contribution >= 0.6 is 0 Å². The van der Waals surface area contributed by atoms with Crippen LogP contribution in [0, 0.1) is 5.92 Å². The molecule has 0 radical (unpaired) electrons. The average Bonchev–Trinajstić information content (AvgIpc) is 2.99. The molecular formula is C16H16O4. The number of hydrogen-bond donors (Lipinski definition) is 1. The maximum absolute atomic E-state index is 12.1. The number of carbonyl (C=O) groups is 2. The van der Waals surface area contributed by atoms with Crippen molar-refractivity contribution >= 4 is 11.9 Å². The van der Waals surface area contributed by atoms with Gasteiger partial charge in [0.25, 0.3) is 0 Å². The van der Waals surface area contributed by atoms with Gasteiger partial charge in [-0.05, 0) is 56.4 Å². The first-order valence-electron chi connectivity index (χ1n) is 6.88. The van der Waals surface area contributed by atoms with Gasteiger partial charge in [-0.3, -0.25) is 4.79 Å². The molecular weight excluding hydrogens is 256 g/mol. The fraction of sp³-hybridized carbons (Fsp3) is 0.375. The number of ether oxygens (including phenoxy) is 1.